The summed E-state index contributed by atoms with van der Waals surface area (Å²) >= 11 is 0. The fourth-order valence-electron chi connectivity index (χ4n) is 2.54. The second kappa shape index (κ2) is 5.90. The van der Waals surface area contributed by atoms with Crippen molar-refractivity contribution in [3.05, 3.63) is 33.9 Å². The van der Waals surface area contributed by atoms with Crippen LogP contribution in [0.5, 0.6) is 0 Å². The number of hydrogen-bond donors (Lipinski definition) is 1. The number of anilines is 1. The Morgan fingerprint density at radius 3 is 2.85 bits per heavy atom. The third-order valence-corrected chi connectivity index (χ3v) is 3.86. The summed E-state index contributed by atoms with van der Waals surface area (Å²) in [4.78, 5) is 24.8. The van der Waals surface area contributed by atoms with E-state index in [9.17, 15) is 14.9 Å². The molecule has 0 bridgehead atoms. The van der Waals surface area contributed by atoms with Gasteiger partial charge in [-0.05, 0) is 24.5 Å². The van der Waals surface area contributed by atoms with Gasteiger partial charge >= 0.3 is 0 Å². The lowest BCUT2D eigenvalue weighted by Crippen LogP contribution is -2.29. The molecule has 1 aromatic rings. The standard InChI is InChI=1S/C14H19N3O3/c1-3-10-6-7-16(9-10)14(18)12-8-11(15-2)4-5-13(12)17(19)20/h4-5,8,10,15H,3,6-7,9H2,1-2H3. The Labute approximate surface area is 117 Å². The van der Waals surface area contributed by atoms with Gasteiger partial charge in [0, 0.05) is 31.9 Å². The predicted molar refractivity (Wildman–Crippen MR) is 76.9 cm³/mol. The van der Waals surface area contributed by atoms with Crippen molar-refractivity contribution >= 4 is 17.3 Å². The van der Waals surface area contributed by atoms with E-state index in [1.54, 1.807) is 24.1 Å². The maximum Gasteiger partial charge on any atom is 0.282 e. The van der Waals surface area contributed by atoms with E-state index in [1.165, 1.54) is 6.07 Å². The van der Waals surface area contributed by atoms with Crippen molar-refractivity contribution in [3.63, 3.8) is 0 Å². The number of likely N-dealkylation sites (tertiary alicyclic amines) is 1. The first-order chi connectivity index (χ1) is 9.56. The van der Waals surface area contributed by atoms with E-state index < -0.39 is 4.92 Å². The minimum Gasteiger partial charge on any atom is -0.388 e. The maximum absolute atomic E-state index is 12.5. The second-order valence-electron chi connectivity index (χ2n) is 5.05. The highest BCUT2D eigenvalue weighted by molar-refractivity contribution is 5.99. The summed E-state index contributed by atoms with van der Waals surface area (Å²) in [5.74, 6) is 0.259. The average molecular weight is 277 g/mol. The molecule has 0 aromatic heterocycles. The fraction of sp³-hybridized carbons (Fsp3) is 0.500. The first kappa shape index (κ1) is 14.3. The van der Waals surface area contributed by atoms with Crippen LogP contribution < -0.4 is 5.32 Å². The Bertz CT molecular complexity index is 530. The number of benzene rings is 1. The molecular weight excluding hydrogens is 258 g/mol. The minimum atomic E-state index is -0.500. The van der Waals surface area contributed by atoms with Gasteiger partial charge in [-0.2, -0.15) is 0 Å². The van der Waals surface area contributed by atoms with Gasteiger partial charge in [0.05, 0.1) is 4.92 Å². The van der Waals surface area contributed by atoms with Crippen LogP contribution in [-0.2, 0) is 0 Å². The van der Waals surface area contributed by atoms with Crippen molar-refractivity contribution in [1.82, 2.24) is 4.90 Å². The average Bonchev–Trinajstić information content (AvgIpc) is 2.94. The summed E-state index contributed by atoms with van der Waals surface area (Å²) in [5.41, 5.74) is 0.734. The molecule has 1 unspecified atom stereocenters. The molecule has 1 atom stereocenters. The number of hydrogen-bond acceptors (Lipinski definition) is 4. The Kier molecular flexibility index (Phi) is 4.22. The molecule has 0 aliphatic carbocycles. The Morgan fingerprint density at radius 2 is 2.30 bits per heavy atom. The van der Waals surface area contributed by atoms with Gasteiger partial charge in [0.2, 0.25) is 0 Å². The number of carbonyl (C=O) groups excluding carboxylic acids is 1. The SMILES string of the molecule is CCC1CCN(C(=O)c2cc(NC)ccc2[N+](=O)[O-])C1. The van der Waals surface area contributed by atoms with Gasteiger partial charge in [-0.15, -0.1) is 0 Å². The molecule has 1 aliphatic rings. The number of nitro groups is 1. The highest BCUT2D eigenvalue weighted by atomic mass is 16.6. The molecule has 1 saturated heterocycles. The lowest BCUT2D eigenvalue weighted by Gasteiger charge is -2.16. The number of rotatable bonds is 4. The summed E-state index contributed by atoms with van der Waals surface area (Å²) in [6.45, 7) is 3.47. The molecule has 1 fully saturated rings. The topological polar surface area (TPSA) is 75.5 Å². The van der Waals surface area contributed by atoms with Crippen molar-refractivity contribution in [1.29, 1.82) is 0 Å². The molecule has 0 spiro atoms. The fourth-order valence-corrected chi connectivity index (χ4v) is 2.54. The van der Waals surface area contributed by atoms with Gasteiger partial charge in [0.25, 0.3) is 11.6 Å². The van der Waals surface area contributed by atoms with E-state index in [4.69, 9.17) is 0 Å². The highest BCUT2D eigenvalue weighted by Crippen LogP contribution is 2.27. The quantitative estimate of drug-likeness (QED) is 0.677. The molecule has 20 heavy (non-hydrogen) atoms. The van der Waals surface area contributed by atoms with Gasteiger partial charge in [-0.3, -0.25) is 14.9 Å². The largest absolute Gasteiger partial charge is 0.388 e. The van der Waals surface area contributed by atoms with Crippen LogP contribution in [0.3, 0.4) is 0 Å². The van der Waals surface area contributed by atoms with Crippen LogP contribution in [0, 0.1) is 16.0 Å². The highest BCUT2D eigenvalue weighted by Gasteiger charge is 2.30. The molecule has 6 heteroatoms. The summed E-state index contributed by atoms with van der Waals surface area (Å²) in [7, 11) is 1.72. The third kappa shape index (κ3) is 2.74. The van der Waals surface area contributed by atoms with Crippen LogP contribution in [0.25, 0.3) is 0 Å². The van der Waals surface area contributed by atoms with Crippen molar-refractivity contribution < 1.29 is 9.72 Å². The molecular formula is C14H19N3O3. The zero-order chi connectivity index (χ0) is 14.7. The van der Waals surface area contributed by atoms with Crippen molar-refractivity contribution in [2.75, 3.05) is 25.5 Å². The lowest BCUT2D eigenvalue weighted by molar-refractivity contribution is -0.385. The second-order valence-corrected chi connectivity index (χ2v) is 5.05. The molecule has 108 valence electrons. The Balaban J connectivity index is 2.30. The maximum atomic E-state index is 12.5. The zero-order valence-corrected chi connectivity index (χ0v) is 11.8. The molecule has 0 radical (unpaired) electrons. The van der Waals surface area contributed by atoms with Gasteiger partial charge in [-0.1, -0.05) is 13.3 Å². The minimum absolute atomic E-state index is 0.131. The number of amides is 1. The van der Waals surface area contributed by atoms with Crippen LogP contribution in [0.2, 0.25) is 0 Å². The van der Waals surface area contributed by atoms with E-state index in [2.05, 4.69) is 12.2 Å². The zero-order valence-electron chi connectivity index (χ0n) is 11.8. The molecule has 1 heterocycles. The Morgan fingerprint density at radius 1 is 1.55 bits per heavy atom. The van der Waals surface area contributed by atoms with Gasteiger partial charge < -0.3 is 10.2 Å². The van der Waals surface area contributed by atoms with Gasteiger partial charge in [0.1, 0.15) is 5.56 Å². The van der Waals surface area contributed by atoms with Gasteiger partial charge in [0.15, 0.2) is 0 Å². The predicted octanol–water partition coefficient (Wildman–Crippen LogP) is 2.51. The molecule has 1 N–H and O–H groups in total. The lowest BCUT2D eigenvalue weighted by atomic mass is 10.1. The summed E-state index contributed by atoms with van der Waals surface area (Å²) in [5, 5.41) is 14.0. The van der Waals surface area contributed by atoms with Crippen molar-refractivity contribution in [2.24, 2.45) is 5.92 Å². The molecule has 0 saturated carbocycles. The normalized spacial score (nSPS) is 18.1. The summed E-state index contributed by atoms with van der Waals surface area (Å²) in [6, 6.07) is 4.54. The van der Waals surface area contributed by atoms with Crippen LogP contribution in [-0.4, -0.2) is 35.9 Å². The molecule has 2 rings (SSSR count). The van der Waals surface area contributed by atoms with Crippen molar-refractivity contribution in [2.45, 2.75) is 19.8 Å². The third-order valence-electron chi connectivity index (χ3n) is 3.86. The van der Waals surface area contributed by atoms with Crippen LogP contribution >= 0.6 is 0 Å². The first-order valence-corrected chi connectivity index (χ1v) is 6.82. The van der Waals surface area contributed by atoms with E-state index in [-0.39, 0.29) is 17.2 Å². The van der Waals surface area contributed by atoms with E-state index in [0.717, 1.165) is 12.8 Å². The van der Waals surface area contributed by atoms with Gasteiger partial charge in [-0.25, -0.2) is 0 Å². The number of nitro benzene ring substituents is 1. The van der Waals surface area contributed by atoms with Crippen LogP contribution in [0.15, 0.2) is 18.2 Å². The number of nitrogens with zero attached hydrogens (tertiary/aromatic N) is 2. The molecule has 6 nitrogen and oxygen atoms in total. The van der Waals surface area contributed by atoms with Crippen LogP contribution in [0.1, 0.15) is 30.1 Å². The smallest absolute Gasteiger partial charge is 0.282 e. The van der Waals surface area contributed by atoms with E-state index >= 15 is 0 Å². The summed E-state index contributed by atoms with van der Waals surface area (Å²) in [6.07, 6.45) is 2.00. The molecule has 1 aliphatic heterocycles. The van der Waals surface area contributed by atoms with Crippen LogP contribution in [0.4, 0.5) is 11.4 Å². The van der Waals surface area contributed by atoms with E-state index in [0.29, 0.717) is 24.7 Å². The molecule has 1 aromatic carbocycles. The molecule has 1 amide bonds. The number of carbonyl (C=O) groups is 1. The van der Waals surface area contributed by atoms with E-state index in [1.807, 2.05) is 0 Å². The first-order valence-electron chi connectivity index (χ1n) is 6.82. The van der Waals surface area contributed by atoms with Crippen molar-refractivity contribution in [3.8, 4) is 0 Å². The summed E-state index contributed by atoms with van der Waals surface area (Å²) < 4.78 is 0. The Hall–Kier alpha value is -2.11. The monoisotopic (exact) mass is 277 g/mol. The number of nitrogens with one attached hydrogen (secondary N) is 1.